The lowest BCUT2D eigenvalue weighted by Gasteiger charge is -2.31. The third kappa shape index (κ3) is 10.1. The van der Waals surface area contributed by atoms with Gasteiger partial charge in [-0.25, -0.2) is 0 Å². The molecule has 2 N–H and O–H groups in total. The summed E-state index contributed by atoms with van der Waals surface area (Å²) in [4.78, 5) is 7.20. The standard InChI is InChI=1S/C24H37N5O.HI/c1-2-25-24(27-14-19-28-15-6-7-16-28)26-13-8-20-30-23-11-17-29(18-12-23)21-22-9-4-3-5-10-22;/h3-7,9-10,15-16,23H,2,8,11-14,17-21H2,1H3,(H2,25,26,27);1H. The van der Waals surface area contributed by atoms with Gasteiger partial charge < -0.3 is 19.9 Å². The van der Waals surface area contributed by atoms with Crippen LogP contribution in [0.4, 0.5) is 0 Å². The Morgan fingerprint density at radius 3 is 2.52 bits per heavy atom. The van der Waals surface area contributed by atoms with Gasteiger partial charge in [-0.2, -0.15) is 0 Å². The first kappa shape index (κ1) is 25.7. The number of piperidine rings is 1. The maximum absolute atomic E-state index is 6.11. The van der Waals surface area contributed by atoms with Crippen molar-refractivity contribution in [1.29, 1.82) is 0 Å². The first-order valence-corrected chi connectivity index (χ1v) is 11.3. The molecule has 1 saturated heterocycles. The van der Waals surface area contributed by atoms with Crippen molar-refractivity contribution < 1.29 is 4.74 Å². The number of halogens is 1. The fourth-order valence-electron chi connectivity index (χ4n) is 3.75. The summed E-state index contributed by atoms with van der Waals surface area (Å²) in [6, 6.07) is 14.8. The minimum atomic E-state index is 0. The molecule has 1 aliphatic heterocycles. The van der Waals surface area contributed by atoms with Crippen molar-refractivity contribution in [2.24, 2.45) is 4.99 Å². The number of nitrogens with one attached hydrogen (secondary N) is 2. The molecule has 172 valence electrons. The van der Waals surface area contributed by atoms with Gasteiger partial charge >= 0.3 is 0 Å². The summed E-state index contributed by atoms with van der Waals surface area (Å²) in [6.45, 7) is 9.61. The van der Waals surface area contributed by atoms with Gasteiger partial charge in [0.25, 0.3) is 0 Å². The minimum absolute atomic E-state index is 0. The first-order valence-electron chi connectivity index (χ1n) is 11.3. The summed E-state index contributed by atoms with van der Waals surface area (Å²) < 4.78 is 8.28. The molecule has 0 bridgehead atoms. The van der Waals surface area contributed by atoms with Crippen LogP contribution in [0, 0.1) is 0 Å². The zero-order valence-corrected chi connectivity index (χ0v) is 21.0. The third-order valence-electron chi connectivity index (χ3n) is 5.38. The van der Waals surface area contributed by atoms with Crippen molar-refractivity contribution in [3.63, 3.8) is 0 Å². The Balaban J connectivity index is 0.00000341. The van der Waals surface area contributed by atoms with E-state index in [0.29, 0.717) is 6.10 Å². The van der Waals surface area contributed by atoms with Gasteiger partial charge in [0.15, 0.2) is 5.96 Å². The summed E-state index contributed by atoms with van der Waals surface area (Å²) >= 11 is 0. The van der Waals surface area contributed by atoms with Crippen LogP contribution in [0.5, 0.6) is 0 Å². The molecular weight excluding hydrogens is 501 g/mol. The number of likely N-dealkylation sites (tertiary alicyclic amines) is 1. The van der Waals surface area contributed by atoms with Gasteiger partial charge in [0, 0.05) is 64.8 Å². The van der Waals surface area contributed by atoms with E-state index in [4.69, 9.17) is 4.74 Å². The van der Waals surface area contributed by atoms with Crippen molar-refractivity contribution in [2.75, 3.05) is 39.3 Å². The second-order valence-corrected chi connectivity index (χ2v) is 7.79. The van der Waals surface area contributed by atoms with Crippen LogP contribution in [-0.2, 0) is 17.8 Å². The van der Waals surface area contributed by atoms with Crippen molar-refractivity contribution >= 4 is 29.9 Å². The average Bonchev–Trinajstić information content (AvgIpc) is 3.29. The zero-order chi connectivity index (χ0) is 20.9. The summed E-state index contributed by atoms with van der Waals surface area (Å²) in [5.41, 5.74) is 1.40. The predicted octanol–water partition coefficient (Wildman–Crippen LogP) is 3.73. The molecule has 6 nitrogen and oxygen atoms in total. The van der Waals surface area contributed by atoms with Crippen LogP contribution >= 0.6 is 24.0 Å². The lowest BCUT2D eigenvalue weighted by molar-refractivity contribution is 0.00566. The molecule has 7 heteroatoms. The third-order valence-corrected chi connectivity index (χ3v) is 5.38. The largest absolute Gasteiger partial charge is 0.378 e. The molecule has 0 radical (unpaired) electrons. The number of benzene rings is 1. The van der Waals surface area contributed by atoms with E-state index in [1.165, 1.54) is 5.56 Å². The number of nitrogens with zero attached hydrogens (tertiary/aromatic N) is 3. The second kappa shape index (κ2) is 15.3. The number of aromatic nitrogens is 1. The molecule has 31 heavy (non-hydrogen) atoms. The van der Waals surface area contributed by atoms with Gasteiger partial charge in [-0.05, 0) is 43.9 Å². The summed E-state index contributed by atoms with van der Waals surface area (Å²) in [5, 5.41) is 6.71. The van der Waals surface area contributed by atoms with Crippen molar-refractivity contribution in [2.45, 2.75) is 45.4 Å². The Morgan fingerprint density at radius 1 is 1.06 bits per heavy atom. The molecule has 0 unspecified atom stereocenters. The molecule has 2 heterocycles. The highest BCUT2D eigenvalue weighted by Crippen LogP contribution is 2.16. The number of hydrogen-bond donors (Lipinski definition) is 2. The van der Waals surface area contributed by atoms with Crippen molar-refractivity contribution in [1.82, 2.24) is 20.1 Å². The predicted molar refractivity (Wildman–Crippen MR) is 139 cm³/mol. The maximum Gasteiger partial charge on any atom is 0.191 e. The first-order chi connectivity index (χ1) is 14.8. The molecule has 1 aromatic carbocycles. The van der Waals surface area contributed by atoms with Crippen LogP contribution in [-0.4, -0.2) is 60.9 Å². The average molecular weight is 540 g/mol. The van der Waals surface area contributed by atoms with Crippen LogP contribution in [0.3, 0.4) is 0 Å². The smallest absolute Gasteiger partial charge is 0.191 e. The molecule has 2 aromatic rings. The molecule has 0 saturated carbocycles. The lowest BCUT2D eigenvalue weighted by Crippen LogP contribution is -2.39. The van der Waals surface area contributed by atoms with Crippen LogP contribution < -0.4 is 10.6 Å². The molecule has 1 fully saturated rings. The zero-order valence-electron chi connectivity index (χ0n) is 18.7. The van der Waals surface area contributed by atoms with E-state index in [1.54, 1.807) is 0 Å². The van der Waals surface area contributed by atoms with Gasteiger partial charge in [0.1, 0.15) is 0 Å². The number of guanidine groups is 1. The maximum atomic E-state index is 6.11. The Kier molecular flexibility index (Phi) is 12.6. The van der Waals surface area contributed by atoms with Gasteiger partial charge in [0.05, 0.1) is 6.10 Å². The molecule has 0 spiro atoms. The van der Waals surface area contributed by atoms with E-state index in [9.17, 15) is 0 Å². The Labute approximate surface area is 204 Å². The van der Waals surface area contributed by atoms with E-state index >= 15 is 0 Å². The van der Waals surface area contributed by atoms with Gasteiger partial charge in [0.2, 0.25) is 0 Å². The van der Waals surface area contributed by atoms with E-state index < -0.39 is 0 Å². The van der Waals surface area contributed by atoms with Crippen LogP contribution in [0.2, 0.25) is 0 Å². The second-order valence-electron chi connectivity index (χ2n) is 7.79. The van der Waals surface area contributed by atoms with E-state index in [0.717, 1.165) is 77.6 Å². The molecule has 1 aliphatic rings. The number of ether oxygens (including phenoxy) is 1. The highest BCUT2D eigenvalue weighted by molar-refractivity contribution is 14.0. The summed E-state index contributed by atoms with van der Waals surface area (Å²) in [5.74, 6) is 0.888. The molecule has 3 rings (SSSR count). The minimum Gasteiger partial charge on any atom is -0.378 e. The number of hydrogen-bond acceptors (Lipinski definition) is 3. The number of rotatable bonds is 11. The summed E-state index contributed by atoms with van der Waals surface area (Å²) in [7, 11) is 0. The van der Waals surface area contributed by atoms with Gasteiger partial charge in [-0.15, -0.1) is 24.0 Å². The van der Waals surface area contributed by atoms with E-state index in [-0.39, 0.29) is 24.0 Å². The van der Waals surface area contributed by atoms with Crippen LogP contribution in [0.25, 0.3) is 0 Å². The lowest BCUT2D eigenvalue weighted by atomic mass is 10.1. The molecule has 0 atom stereocenters. The SMILES string of the molecule is CCNC(=NCCCOC1CCN(Cc2ccccc2)CC1)NCCn1cccc1.I. The fraction of sp³-hybridized carbons (Fsp3) is 0.542. The van der Waals surface area contributed by atoms with Crippen LogP contribution in [0.1, 0.15) is 31.7 Å². The number of aliphatic imine (C=N–C) groups is 1. The monoisotopic (exact) mass is 539 g/mol. The highest BCUT2D eigenvalue weighted by Gasteiger charge is 2.19. The van der Waals surface area contributed by atoms with Gasteiger partial charge in [-0.1, -0.05) is 30.3 Å². The topological polar surface area (TPSA) is 53.8 Å². The Hall–Kier alpha value is -1.58. The Bertz CT molecular complexity index is 715. The molecule has 0 aliphatic carbocycles. The fourth-order valence-corrected chi connectivity index (χ4v) is 3.75. The van der Waals surface area contributed by atoms with Gasteiger partial charge in [-0.3, -0.25) is 9.89 Å². The molecular formula is C24H38IN5O. The Morgan fingerprint density at radius 2 is 1.81 bits per heavy atom. The van der Waals surface area contributed by atoms with Crippen LogP contribution in [0.15, 0.2) is 59.9 Å². The summed E-state index contributed by atoms with van der Waals surface area (Å²) in [6.07, 6.45) is 7.76. The van der Waals surface area contributed by atoms with E-state index in [2.05, 4.69) is 74.7 Å². The quantitative estimate of drug-likeness (QED) is 0.198. The highest BCUT2D eigenvalue weighted by atomic mass is 127. The van der Waals surface area contributed by atoms with Crippen molar-refractivity contribution in [3.05, 3.63) is 60.4 Å². The molecule has 0 amide bonds. The van der Waals surface area contributed by atoms with Crippen molar-refractivity contribution in [3.8, 4) is 0 Å². The van der Waals surface area contributed by atoms with E-state index in [1.807, 2.05) is 12.1 Å². The molecule has 1 aromatic heterocycles. The normalized spacial score (nSPS) is 15.5.